The minimum Gasteiger partial charge on any atom is -0.295 e. The van der Waals surface area contributed by atoms with Crippen molar-refractivity contribution in [3.8, 4) is 11.3 Å². The van der Waals surface area contributed by atoms with Crippen molar-refractivity contribution < 1.29 is 9.72 Å². The van der Waals surface area contributed by atoms with Crippen molar-refractivity contribution in [3.63, 3.8) is 0 Å². The van der Waals surface area contributed by atoms with Crippen LogP contribution in [0.15, 0.2) is 72.8 Å². The second-order valence-electron chi connectivity index (χ2n) is 7.63. The number of hydrogen-bond donors (Lipinski definition) is 1. The Labute approximate surface area is 188 Å². The predicted molar refractivity (Wildman–Crippen MR) is 122 cm³/mol. The number of carbonyl (C=O) groups is 1. The van der Waals surface area contributed by atoms with E-state index >= 15 is 0 Å². The second-order valence-corrected chi connectivity index (χ2v) is 8.07. The van der Waals surface area contributed by atoms with Gasteiger partial charge in [0.2, 0.25) is 0 Å². The van der Waals surface area contributed by atoms with Crippen LogP contribution < -0.4 is 4.90 Å². The summed E-state index contributed by atoms with van der Waals surface area (Å²) in [6.07, 6.45) is 0. The number of nitro groups is 1. The summed E-state index contributed by atoms with van der Waals surface area (Å²) < 4.78 is 0. The van der Waals surface area contributed by atoms with Gasteiger partial charge in [0.15, 0.2) is 0 Å². The first-order valence-corrected chi connectivity index (χ1v) is 10.3. The summed E-state index contributed by atoms with van der Waals surface area (Å²) in [5, 5.41) is 19.3. The van der Waals surface area contributed by atoms with Gasteiger partial charge in [0.05, 0.1) is 16.7 Å². The molecule has 5 rings (SSSR count). The van der Waals surface area contributed by atoms with E-state index in [4.69, 9.17) is 11.6 Å². The van der Waals surface area contributed by atoms with Gasteiger partial charge in [-0.2, -0.15) is 5.10 Å². The molecule has 0 radical (unpaired) electrons. The number of non-ortho nitro benzene ring substituents is 1. The maximum absolute atomic E-state index is 13.5. The SMILES string of the molecule is Cc1ccc(-c2n[nH]c3c2C(c2cccc([N+](=O)[O-])c2)N(c2ccc(Cl)cc2)C3=O)cc1. The highest BCUT2D eigenvalue weighted by Gasteiger charge is 2.43. The first-order valence-electron chi connectivity index (χ1n) is 9.93. The number of benzene rings is 3. The van der Waals surface area contributed by atoms with Crippen molar-refractivity contribution >= 4 is 28.9 Å². The standard InChI is InChI=1S/C24H17ClN4O3/c1-14-5-7-15(8-6-14)21-20-22(27-26-21)24(30)28(18-11-9-17(25)10-12-18)23(20)16-3-2-4-19(13-16)29(31)32/h2-13,23H,1H3,(H,26,27). The van der Waals surface area contributed by atoms with Crippen LogP contribution in [0, 0.1) is 17.0 Å². The maximum Gasteiger partial charge on any atom is 0.277 e. The Morgan fingerprint density at radius 2 is 1.78 bits per heavy atom. The molecule has 0 saturated carbocycles. The smallest absolute Gasteiger partial charge is 0.277 e. The molecule has 1 atom stereocenters. The number of halogens is 1. The van der Waals surface area contributed by atoms with Gasteiger partial charge in [-0.1, -0.05) is 53.6 Å². The average molecular weight is 445 g/mol. The lowest BCUT2D eigenvalue weighted by Gasteiger charge is -2.26. The molecule has 0 bridgehead atoms. The number of nitrogens with one attached hydrogen (secondary N) is 1. The number of aromatic amines is 1. The fraction of sp³-hybridized carbons (Fsp3) is 0.0833. The van der Waals surface area contributed by atoms with Crippen LogP contribution in [-0.4, -0.2) is 21.0 Å². The first-order chi connectivity index (χ1) is 15.4. The molecule has 0 spiro atoms. The highest BCUT2D eigenvalue weighted by atomic mass is 35.5. The van der Waals surface area contributed by atoms with Crippen molar-refractivity contribution in [2.75, 3.05) is 4.90 Å². The fourth-order valence-corrected chi connectivity index (χ4v) is 4.20. The number of nitrogens with zero attached hydrogens (tertiary/aromatic N) is 3. The van der Waals surface area contributed by atoms with Gasteiger partial charge in [0.25, 0.3) is 11.6 Å². The Kier molecular flexibility index (Phi) is 4.75. The molecule has 4 aromatic rings. The number of aryl methyl sites for hydroxylation is 1. The zero-order chi connectivity index (χ0) is 22.4. The third-order valence-electron chi connectivity index (χ3n) is 5.59. The molecule has 1 aliphatic heterocycles. The summed E-state index contributed by atoms with van der Waals surface area (Å²) in [4.78, 5) is 26.1. The number of carbonyl (C=O) groups excluding carboxylic acids is 1. The van der Waals surface area contributed by atoms with Gasteiger partial charge >= 0.3 is 0 Å². The van der Waals surface area contributed by atoms with E-state index in [0.29, 0.717) is 33.2 Å². The van der Waals surface area contributed by atoms with Crippen molar-refractivity contribution in [2.24, 2.45) is 0 Å². The van der Waals surface area contributed by atoms with E-state index < -0.39 is 11.0 Å². The molecule has 2 heterocycles. The molecule has 3 aromatic carbocycles. The summed E-state index contributed by atoms with van der Waals surface area (Å²) in [5.74, 6) is -0.260. The lowest BCUT2D eigenvalue weighted by atomic mass is 9.95. The number of anilines is 1. The Morgan fingerprint density at radius 1 is 1.06 bits per heavy atom. The van der Waals surface area contributed by atoms with Gasteiger partial charge in [-0.15, -0.1) is 0 Å². The van der Waals surface area contributed by atoms with Crippen molar-refractivity contribution in [1.29, 1.82) is 0 Å². The fourth-order valence-electron chi connectivity index (χ4n) is 4.07. The van der Waals surface area contributed by atoms with Gasteiger partial charge in [-0.05, 0) is 36.8 Å². The summed E-state index contributed by atoms with van der Waals surface area (Å²) in [7, 11) is 0. The molecule has 0 fully saturated rings. The molecule has 1 unspecified atom stereocenters. The number of H-pyrrole nitrogens is 1. The Morgan fingerprint density at radius 3 is 2.47 bits per heavy atom. The van der Waals surface area contributed by atoms with Crippen molar-refractivity contribution in [3.05, 3.63) is 110 Å². The molecule has 8 heteroatoms. The van der Waals surface area contributed by atoms with E-state index in [9.17, 15) is 14.9 Å². The minimum absolute atomic E-state index is 0.0418. The molecular weight excluding hydrogens is 428 g/mol. The van der Waals surface area contributed by atoms with Gasteiger partial charge < -0.3 is 0 Å². The quantitative estimate of drug-likeness (QED) is 0.323. The third kappa shape index (κ3) is 3.23. The lowest BCUT2D eigenvalue weighted by Crippen LogP contribution is -2.29. The van der Waals surface area contributed by atoms with Crippen LogP contribution in [0.1, 0.15) is 33.2 Å². The zero-order valence-electron chi connectivity index (χ0n) is 16.9. The van der Waals surface area contributed by atoms with E-state index in [1.54, 1.807) is 41.3 Å². The lowest BCUT2D eigenvalue weighted by molar-refractivity contribution is -0.384. The molecule has 0 aliphatic carbocycles. The van der Waals surface area contributed by atoms with Crippen LogP contribution in [-0.2, 0) is 0 Å². The second kappa shape index (κ2) is 7.62. The van der Waals surface area contributed by atoms with E-state index in [-0.39, 0.29) is 11.6 Å². The minimum atomic E-state index is -0.589. The highest BCUT2D eigenvalue weighted by molar-refractivity contribution is 6.30. The molecule has 32 heavy (non-hydrogen) atoms. The van der Waals surface area contributed by atoms with E-state index in [1.165, 1.54) is 12.1 Å². The van der Waals surface area contributed by atoms with Gasteiger partial charge in [0.1, 0.15) is 5.69 Å². The summed E-state index contributed by atoms with van der Waals surface area (Å²) in [6.45, 7) is 2.00. The highest BCUT2D eigenvalue weighted by Crippen LogP contribution is 2.45. The number of hydrogen-bond acceptors (Lipinski definition) is 4. The monoisotopic (exact) mass is 444 g/mol. The molecule has 158 valence electrons. The van der Waals surface area contributed by atoms with E-state index in [0.717, 1.165) is 11.1 Å². The summed E-state index contributed by atoms with van der Waals surface area (Å²) >= 11 is 6.06. The normalized spacial score (nSPS) is 15.1. The molecule has 1 aromatic heterocycles. The van der Waals surface area contributed by atoms with E-state index in [1.807, 2.05) is 31.2 Å². The number of amides is 1. The summed E-state index contributed by atoms with van der Waals surface area (Å²) in [5.41, 5.74) is 4.87. The van der Waals surface area contributed by atoms with Crippen LogP contribution in [0.5, 0.6) is 0 Å². The largest absolute Gasteiger partial charge is 0.295 e. The molecule has 0 saturated heterocycles. The Hall–Kier alpha value is -3.97. The van der Waals surface area contributed by atoms with Crippen molar-refractivity contribution in [1.82, 2.24) is 10.2 Å². The zero-order valence-corrected chi connectivity index (χ0v) is 17.7. The number of fused-ring (bicyclic) bond motifs is 1. The maximum atomic E-state index is 13.5. The summed E-state index contributed by atoms with van der Waals surface area (Å²) in [6, 6.07) is 20.6. The van der Waals surface area contributed by atoms with Crippen molar-refractivity contribution in [2.45, 2.75) is 13.0 Å². The Balaban J connectivity index is 1.73. The van der Waals surface area contributed by atoms with Crippen LogP contribution in [0.3, 0.4) is 0 Å². The molecule has 1 amide bonds. The third-order valence-corrected chi connectivity index (χ3v) is 5.85. The van der Waals surface area contributed by atoms with Crippen LogP contribution in [0.25, 0.3) is 11.3 Å². The topological polar surface area (TPSA) is 92.1 Å². The van der Waals surface area contributed by atoms with E-state index in [2.05, 4.69) is 10.2 Å². The van der Waals surface area contributed by atoms with Gasteiger partial charge in [-0.25, -0.2) is 0 Å². The molecule has 7 nitrogen and oxygen atoms in total. The molecular formula is C24H17ClN4O3. The number of rotatable bonds is 4. The molecule has 1 aliphatic rings. The first kappa shape index (κ1) is 20.0. The van der Waals surface area contributed by atoms with Gasteiger partial charge in [-0.3, -0.25) is 24.9 Å². The predicted octanol–water partition coefficient (Wildman–Crippen LogP) is 5.70. The molecule has 1 N–H and O–H groups in total. The van der Waals surface area contributed by atoms with Crippen LogP contribution >= 0.6 is 11.6 Å². The van der Waals surface area contributed by atoms with Crippen LogP contribution in [0.2, 0.25) is 5.02 Å². The van der Waals surface area contributed by atoms with Crippen LogP contribution in [0.4, 0.5) is 11.4 Å². The number of aromatic nitrogens is 2. The average Bonchev–Trinajstić information content (AvgIpc) is 3.34. The Bertz CT molecular complexity index is 1350. The van der Waals surface area contributed by atoms with Gasteiger partial charge in [0, 0.05) is 34.0 Å². The number of nitro benzene ring substituents is 1.